The standard InChI is InChI=1S/C24H27N5OS/c1-30-18-9-10-19-20(13-18)26-23(25)21-22(19)29(24(27-21)31-2)15-17-7-5-16(6-8-17)14-28-11-3-4-12-28/h5-10,13H,3-4,11-12,14-15H2,1-2H3,(H2,25,26). The molecule has 0 radical (unpaired) electrons. The highest BCUT2D eigenvalue weighted by Crippen LogP contribution is 2.33. The Bertz CT molecular complexity index is 1230. The molecule has 6 nitrogen and oxygen atoms in total. The van der Waals surface area contributed by atoms with Gasteiger partial charge in [-0.1, -0.05) is 36.0 Å². The molecule has 1 saturated heterocycles. The van der Waals surface area contributed by atoms with E-state index >= 15 is 0 Å². The number of imidazole rings is 1. The first-order valence-corrected chi connectivity index (χ1v) is 11.9. The number of hydrogen-bond donors (Lipinski definition) is 1. The number of ether oxygens (including phenoxy) is 1. The summed E-state index contributed by atoms with van der Waals surface area (Å²) in [5, 5.41) is 1.97. The number of hydrogen-bond acceptors (Lipinski definition) is 6. The quantitative estimate of drug-likeness (QED) is 0.450. The molecule has 0 spiro atoms. The van der Waals surface area contributed by atoms with Crippen molar-refractivity contribution in [3.05, 3.63) is 53.6 Å². The van der Waals surface area contributed by atoms with Gasteiger partial charge >= 0.3 is 0 Å². The Hall–Kier alpha value is -2.77. The Morgan fingerprint density at radius 3 is 2.39 bits per heavy atom. The van der Waals surface area contributed by atoms with Gasteiger partial charge in [0.15, 0.2) is 11.0 Å². The molecule has 0 atom stereocenters. The minimum atomic E-state index is 0.450. The van der Waals surface area contributed by atoms with Gasteiger partial charge in [-0.3, -0.25) is 4.90 Å². The minimum Gasteiger partial charge on any atom is -0.497 e. The summed E-state index contributed by atoms with van der Waals surface area (Å²) in [5.41, 5.74) is 11.5. The fourth-order valence-electron chi connectivity index (χ4n) is 4.43. The van der Waals surface area contributed by atoms with Crippen LogP contribution in [0.25, 0.3) is 21.9 Å². The molecule has 2 aromatic carbocycles. The van der Waals surface area contributed by atoms with Crippen LogP contribution in [-0.4, -0.2) is 45.9 Å². The molecule has 0 bridgehead atoms. The lowest BCUT2D eigenvalue weighted by Gasteiger charge is -2.15. The number of aromatic nitrogens is 3. The van der Waals surface area contributed by atoms with Crippen LogP contribution >= 0.6 is 11.8 Å². The number of nitrogens with two attached hydrogens (primary N) is 1. The predicted octanol–water partition coefficient (Wildman–Crippen LogP) is 4.54. The number of benzene rings is 2. The van der Waals surface area contributed by atoms with Crippen molar-refractivity contribution in [1.29, 1.82) is 0 Å². The molecule has 0 saturated carbocycles. The lowest BCUT2D eigenvalue weighted by molar-refractivity contribution is 0.331. The summed E-state index contributed by atoms with van der Waals surface area (Å²) in [5.74, 6) is 1.22. The van der Waals surface area contributed by atoms with Crippen LogP contribution in [0.2, 0.25) is 0 Å². The van der Waals surface area contributed by atoms with Gasteiger partial charge in [-0.15, -0.1) is 0 Å². The first kappa shape index (κ1) is 20.2. The Labute approximate surface area is 186 Å². The fraction of sp³-hybridized carbons (Fsp3) is 0.333. The monoisotopic (exact) mass is 433 g/mol. The van der Waals surface area contributed by atoms with Gasteiger partial charge in [0.2, 0.25) is 0 Å². The maximum Gasteiger partial charge on any atom is 0.169 e. The van der Waals surface area contributed by atoms with Crippen molar-refractivity contribution in [2.24, 2.45) is 0 Å². The van der Waals surface area contributed by atoms with Crippen molar-refractivity contribution in [3.63, 3.8) is 0 Å². The third-order valence-corrected chi connectivity index (χ3v) is 6.70. The third-order valence-electron chi connectivity index (χ3n) is 6.03. The molecule has 3 heterocycles. The van der Waals surface area contributed by atoms with E-state index < -0.39 is 0 Å². The van der Waals surface area contributed by atoms with Crippen molar-refractivity contribution >= 4 is 39.5 Å². The van der Waals surface area contributed by atoms with Crippen LogP contribution in [0.5, 0.6) is 5.75 Å². The van der Waals surface area contributed by atoms with Gasteiger partial charge < -0.3 is 15.0 Å². The number of nitrogen functional groups attached to an aromatic ring is 1. The summed E-state index contributed by atoms with van der Waals surface area (Å²) in [7, 11) is 1.66. The second kappa shape index (κ2) is 8.40. The van der Waals surface area contributed by atoms with Gasteiger partial charge in [0.1, 0.15) is 11.3 Å². The molecule has 5 rings (SSSR count). The van der Waals surface area contributed by atoms with Gasteiger partial charge in [0, 0.05) is 18.0 Å². The highest BCUT2D eigenvalue weighted by atomic mass is 32.2. The van der Waals surface area contributed by atoms with E-state index in [1.165, 1.54) is 37.1 Å². The summed E-state index contributed by atoms with van der Waals surface area (Å²) < 4.78 is 7.63. The Balaban J connectivity index is 1.54. The average molecular weight is 434 g/mol. The lowest BCUT2D eigenvalue weighted by Crippen LogP contribution is -2.18. The number of methoxy groups -OCH3 is 1. The first-order valence-electron chi connectivity index (χ1n) is 10.6. The number of likely N-dealkylation sites (tertiary alicyclic amines) is 1. The zero-order valence-corrected chi connectivity index (χ0v) is 18.8. The topological polar surface area (TPSA) is 69.2 Å². The van der Waals surface area contributed by atoms with E-state index in [1.54, 1.807) is 18.9 Å². The minimum absolute atomic E-state index is 0.450. The number of nitrogens with zero attached hydrogens (tertiary/aromatic N) is 4. The van der Waals surface area contributed by atoms with Crippen molar-refractivity contribution in [2.45, 2.75) is 31.1 Å². The molecule has 0 unspecified atom stereocenters. The van der Waals surface area contributed by atoms with E-state index in [4.69, 9.17) is 15.5 Å². The van der Waals surface area contributed by atoms with Crippen molar-refractivity contribution < 1.29 is 4.74 Å². The maximum atomic E-state index is 6.30. The molecule has 0 aliphatic carbocycles. The highest BCUT2D eigenvalue weighted by Gasteiger charge is 2.18. The molecule has 1 aliphatic heterocycles. The number of rotatable bonds is 6. The highest BCUT2D eigenvalue weighted by molar-refractivity contribution is 7.98. The van der Waals surface area contributed by atoms with Gasteiger partial charge in [-0.25, -0.2) is 9.97 Å². The molecule has 1 aliphatic rings. The van der Waals surface area contributed by atoms with Gasteiger partial charge in [-0.2, -0.15) is 0 Å². The van der Waals surface area contributed by atoms with Gasteiger partial charge in [0.05, 0.1) is 24.7 Å². The maximum absolute atomic E-state index is 6.30. The Morgan fingerprint density at radius 2 is 1.71 bits per heavy atom. The van der Waals surface area contributed by atoms with Gasteiger partial charge in [-0.05, 0) is 55.4 Å². The van der Waals surface area contributed by atoms with Crippen LogP contribution < -0.4 is 10.5 Å². The summed E-state index contributed by atoms with van der Waals surface area (Å²) >= 11 is 1.63. The van der Waals surface area contributed by atoms with E-state index in [2.05, 4.69) is 38.7 Å². The van der Waals surface area contributed by atoms with E-state index in [1.807, 2.05) is 24.5 Å². The number of thioether (sulfide) groups is 1. The van der Waals surface area contributed by atoms with E-state index in [9.17, 15) is 0 Å². The molecule has 31 heavy (non-hydrogen) atoms. The number of anilines is 1. The third kappa shape index (κ3) is 3.83. The van der Waals surface area contributed by atoms with Crippen molar-refractivity contribution in [1.82, 2.24) is 19.4 Å². The molecular formula is C24H27N5OS. The molecule has 7 heteroatoms. The Morgan fingerprint density at radius 1 is 1.00 bits per heavy atom. The molecule has 4 aromatic rings. The van der Waals surface area contributed by atoms with Crippen LogP contribution in [0.1, 0.15) is 24.0 Å². The van der Waals surface area contributed by atoms with Crippen molar-refractivity contribution in [2.75, 3.05) is 32.2 Å². The Kier molecular flexibility index (Phi) is 5.46. The number of pyridine rings is 1. The van der Waals surface area contributed by atoms with Crippen LogP contribution in [0, 0.1) is 0 Å². The van der Waals surface area contributed by atoms with Crippen molar-refractivity contribution in [3.8, 4) is 5.75 Å². The largest absolute Gasteiger partial charge is 0.497 e. The van der Waals surface area contributed by atoms with Crippen LogP contribution in [0.15, 0.2) is 47.6 Å². The average Bonchev–Trinajstić information content (AvgIpc) is 3.43. The second-order valence-electron chi connectivity index (χ2n) is 8.06. The number of fused-ring (bicyclic) bond motifs is 3. The first-order chi connectivity index (χ1) is 15.2. The molecule has 2 N–H and O–H groups in total. The molecule has 1 fully saturated rings. The predicted molar refractivity (Wildman–Crippen MR) is 128 cm³/mol. The van der Waals surface area contributed by atoms with Crippen LogP contribution in [0.3, 0.4) is 0 Å². The zero-order valence-electron chi connectivity index (χ0n) is 18.0. The van der Waals surface area contributed by atoms with Crippen LogP contribution in [-0.2, 0) is 13.1 Å². The van der Waals surface area contributed by atoms with E-state index in [-0.39, 0.29) is 0 Å². The van der Waals surface area contributed by atoms with Gasteiger partial charge in [0.25, 0.3) is 0 Å². The van der Waals surface area contributed by atoms with Crippen LogP contribution in [0.4, 0.5) is 5.82 Å². The molecule has 2 aromatic heterocycles. The van der Waals surface area contributed by atoms with E-state index in [0.29, 0.717) is 5.82 Å². The molecule has 0 amide bonds. The summed E-state index contributed by atoms with van der Waals surface area (Å²) in [4.78, 5) is 11.9. The smallest absolute Gasteiger partial charge is 0.169 e. The summed E-state index contributed by atoms with van der Waals surface area (Å²) in [6.45, 7) is 4.21. The molecule has 160 valence electrons. The van der Waals surface area contributed by atoms with E-state index in [0.717, 1.165) is 45.9 Å². The lowest BCUT2D eigenvalue weighted by atomic mass is 10.1. The summed E-state index contributed by atoms with van der Waals surface area (Å²) in [6, 6.07) is 14.9. The molecular weight excluding hydrogens is 406 g/mol. The normalized spacial score (nSPS) is 14.6. The SMILES string of the molecule is COc1ccc2c(c1)nc(N)c1nc(SC)n(Cc3ccc(CN4CCCC4)cc3)c12. The zero-order chi connectivity index (χ0) is 21.4. The fourth-order valence-corrected chi connectivity index (χ4v) is 4.99. The summed E-state index contributed by atoms with van der Waals surface area (Å²) in [6.07, 6.45) is 4.69. The second-order valence-corrected chi connectivity index (χ2v) is 8.84.